The fourth-order valence-electron chi connectivity index (χ4n) is 2.70. The predicted molar refractivity (Wildman–Crippen MR) is 100 cm³/mol. The van der Waals surface area contributed by atoms with Gasteiger partial charge < -0.3 is 14.8 Å². The lowest BCUT2D eigenvalue weighted by Crippen LogP contribution is -2.39. The predicted octanol–water partition coefficient (Wildman–Crippen LogP) is 4.29. The second-order valence-electron chi connectivity index (χ2n) is 5.98. The summed E-state index contributed by atoms with van der Waals surface area (Å²) in [5, 5.41) is 3.02. The number of ether oxygens (including phenoxy) is 2. The molecule has 0 fully saturated rings. The van der Waals surface area contributed by atoms with E-state index in [0.717, 1.165) is 17.7 Å². The summed E-state index contributed by atoms with van der Waals surface area (Å²) in [6, 6.07) is 15.4. The molecule has 0 saturated heterocycles. The molecule has 0 spiro atoms. The zero-order valence-electron chi connectivity index (χ0n) is 15.4. The van der Waals surface area contributed by atoms with Crippen molar-refractivity contribution in [2.24, 2.45) is 0 Å². The van der Waals surface area contributed by atoms with E-state index < -0.39 is 6.10 Å². The van der Waals surface area contributed by atoms with Crippen molar-refractivity contribution in [2.75, 3.05) is 7.11 Å². The van der Waals surface area contributed by atoms with Crippen LogP contribution in [0.4, 0.5) is 0 Å². The van der Waals surface area contributed by atoms with Gasteiger partial charge in [-0.25, -0.2) is 0 Å². The van der Waals surface area contributed by atoms with Crippen LogP contribution >= 0.6 is 0 Å². The van der Waals surface area contributed by atoms with Crippen molar-refractivity contribution in [3.63, 3.8) is 0 Å². The van der Waals surface area contributed by atoms with E-state index in [1.165, 1.54) is 5.56 Å². The Labute approximate surface area is 150 Å². The third-order valence-corrected chi connectivity index (χ3v) is 4.24. The third kappa shape index (κ3) is 4.99. The fraction of sp³-hybridized carbons (Fsp3) is 0.381. The summed E-state index contributed by atoms with van der Waals surface area (Å²) in [7, 11) is 1.63. The summed E-state index contributed by atoms with van der Waals surface area (Å²) in [5.74, 6) is 1.35. The SMILES string of the molecule is CCc1ccc(O[C@@H](CC)C(=O)N[C@@H](C)c2ccccc2OC)cc1. The van der Waals surface area contributed by atoms with Crippen LogP contribution in [0.25, 0.3) is 0 Å². The standard InChI is InChI=1S/C21H27NO3/c1-5-16-11-13-17(14-12-16)25-19(6-2)21(23)22-15(3)18-9-7-8-10-20(18)24-4/h7-15,19H,5-6H2,1-4H3,(H,22,23)/t15-,19-/m0/s1. The maximum atomic E-state index is 12.6. The Morgan fingerprint density at radius 2 is 1.76 bits per heavy atom. The normalized spacial score (nSPS) is 13.0. The van der Waals surface area contributed by atoms with Crippen LogP contribution in [0.15, 0.2) is 48.5 Å². The maximum absolute atomic E-state index is 12.6. The van der Waals surface area contributed by atoms with E-state index in [-0.39, 0.29) is 11.9 Å². The second kappa shape index (κ2) is 9.11. The quantitative estimate of drug-likeness (QED) is 0.779. The highest BCUT2D eigenvalue weighted by Crippen LogP contribution is 2.24. The summed E-state index contributed by atoms with van der Waals surface area (Å²) in [6.45, 7) is 5.99. The van der Waals surface area contributed by atoms with Crippen molar-refractivity contribution in [1.82, 2.24) is 5.32 Å². The van der Waals surface area contributed by atoms with Gasteiger partial charge in [-0.15, -0.1) is 0 Å². The van der Waals surface area contributed by atoms with Gasteiger partial charge in [0.05, 0.1) is 13.2 Å². The second-order valence-corrected chi connectivity index (χ2v) is 5.98. The van der Waals surface area contributed by atoms with Gasteiger partial charge in [0.1, 0.15) is 11.5 Å². The van der Waals surface area contributed by atoms with Gasteiger partial charge in [0.25, 0.3) is 5.91 Å². The van der Waals surface area contributed by atoms with Crippen molar-refractivity contribution in [2.45, 2.75) is 45.8 Å². The zero-order chi connectivity index (χ0) is 18.2. The van der Waals surface area contributed by atoms with Gasteiger partial charge in [-0.05, 0) is 43.5 Å². The molecule has 2 aromatic rings. The minimum Gasteiger partial charge on any atom is -0.496 e. The molecular weight excluding hydrogens is 314 g/mol. The molecule has 2 atom stereocenters. The Bertz CT molecular complexity index is 682. The number of hydrogen-bond acceptors (Lipinski definition) is 3. The molecule has 0 aliphatic carbocycles. The number of aryl methyl sites for hydroxylation is 1. The molecule has 4 heteroatoms. The molecule has 1 amide bonds. The molecule has 134 valence electrons. The van der Waals surface area contributed by atoms with Gasteiger partial charge in [-0.3, -0.25) is 4.79 Å². The Hall–Kier alpha value is -2.49. The molecule has 2 aromatic carbocycles. The molecule has 0 bridgehead atoms. The van der Waals surface area contributed by atoms with Crippen molar-refractivity contribution in [1.29, 1.82) is 0 Å². The van der Waals surface area contributed by atoms with Crippen LogP contribution in [0.1, 0.15) is 44.4 Å². The van der Waals surface area contributed by atoms with Crippen LogP contribution in [0, 0.1) is 0 Å². The smallest absolute Gasteiger partial charge is 0.261 e. The molecule has 0 saturated carbocycles. The van der Waals surface area contributed by atoms with Gasteiger partial charge in [0, 0.05) is 5.56 Å². The van der Waals surface area contributed by atoms with Crippen molar-refractivity contribution >= 4 is 5.91 Å². The summed E-state index contributed by atoms with van der Waals surface area (Å²) >= 11 is 0. The van der Waals surface area contributed by atoms with Gasteiger partial charge in [0.2, 0.25) is 0 Å². The first-order valence-corrected chi connectivity index (χ1v) is 8.77. The lowest BCUT2D eigenvalue weighted by molar-refractivity contribution is -0.128. The van der Waals surface area contributed by atoms with Crippen LogP contribution < -0.4 is 14.8 Å². The molecule has 0 heterocycles. The molecule has 4 nitrogen and oxygen atoms in total. The van der Waals surface area contributed by atoms with Gasteiger partial charge in [0.15, 0.2) is 6.10 Å². The lowest BCUT2D eigenvalue weighted by Gasteiger charge is -2.22. The van der Waals surface area contributed by atoms with Crippen LogP contribution in [0.3, 0.4) is 0 Å². The van der Waals surface area contributed by atoms with E-state index in [1.807, 2.05) is 62.4 Å². The maximum Gasteiger partial charge on any atom is 0.261 e. The van der Waals surface area contributed by atoms with E-state index in [4.69, 9.17) is 9.47 Å². The van der Waals surface area contributed by atoms with E-state index in [1.54, 1.807) is 7.11 Å². The number of amides is 1. The number of methoxy groups -OCH3 is 1. The van der Waals surface area contributed by atoms with E-state index in [9.17, 15) is 4.79 Å². The summed E-state index contributed by atoms with van der Waals surface area (Å²) in [6.07, 6.45) is 1.05. The largest absolute Gasteiger partial charge is 0.496 e. The number of rotatable bonds is 8. The van der Waals surface area contributed by atoms with Crippen LogP contribution in [0.5, 0.6) is 11.5 Å². The molecule has 2 rings (SSSR count). The number of para-hydroxylation sites is 1. The molecule has 0 aliphatic rings. The third-order valence-electron chi connectivity index (χ3n) is 4.24. The number of carbonyl (C=O) groups excluding carboxylic acids is 1. The summed E-state index contributed by atoms with van der Waals surface area (Å²) in [4.78, 5) is 12.6. The molecular formula is C21H27NO3. The van der Waals surface area contributed by atoms with E-state index in [2.05, 4.69) is 12.2 Å². The highest BCUT2D eigenvalue weighted by Gasteiger charge is 2.21. The van der Waals surface area contributed by atoms with Gasteiger partial charge >= 0.3 is 0 Å². The van der Waals surface area contributed by atoms with Crippen molar-refractivity contribution < 1.29 is 14.3 Å². The van der Waals surface area contributed by atoms with Crippen molar-refractivity contribution in [3.05, 3.63) is 59.7 Å². The van der Waals surface area contributed by atoms with E-state index >= 15 is 0 Å². The zero-order valence-corrected chi connectivity index (χ0v) is 15.4. The van der Waals surface area contributed by atoms with Crippen LogP contribution in [-0.4, -0.2) is 19.1 Å². The number of benzene rings is 2. The minimum atomic E-state index is -0.523. The first-order valence-electron chi connectivity index (χ1n) is 8.77. The highest BCUT2D eigenvalue weighted by molar-refractivity contribution is 5.81. The molecule has 1 N–H and O–H groups in total. The van der Waals surface area contributed by atoms with Crippen molar-refractivity contribution in [3.8, 4) is 11.5 Å². The van der Waals surface area contributed by atoms with E-state index in [0.29, 0.717) is 12.2 Å². The summed E-state index contributed by atoms with van der Waals surface area (Å²) in [5.41, 5.74) is 2.19. The van der Waals surface area contributed by atoms with Gasteiger partial charge in [-0.2, -0.15) is 0 Å². The van der Waals surface area contributed by atoms with Crippen LogP contribution in [-0.2, 0) is 11.2 Å². The minimum absolute atomic E-state index is 0.125. The van der Waals surface area contributed by atoms with Crippen LogP contribution in [0.2, 0.25) is 0 Å². The Morgan fingerprint density at radius 3 is 2.36 bits per heavy atom. The topological polar surface area (TPSA) is 47.6 Å². The fourth-order valence-corrected chi connectivity index (χ4v) is 2.70. The molecule has 0 aliphatic heterocycles. The number of hydrogen-bond donors (Lipinski definition) is 1. The Balaban J connectivity index is 2.03. The first kappa shape index (κ1) is 18.8. The lowest BCUT2D eigenvalue weighted by atomic mass is 10.1. The summed E-state index contributed by atoms with van der Waals surface area (Å²) < 4.78 is 11.2. The molecule has 0 radical (unpaired) electrons. The monoisotopic (exact) mass is 341 g/mol. The molecule has 25 heavy (non-hydrogen) atoms. The Kier molecular flexibility index (Phi) is 6.87. The number of carbonyl (C=O) groups is 1. The first-order chi connectivity index (χ1) is 12.1. The number of nitrogens with one attached hydrogen (secondary N) is 1. The molecule has 0 aromatic heterocycles. The average Bonchev–Trinajstić information content (AvgIpc) is 2.66. The highest BCUT2D eigenvalue weighted by atomic mass is 16.5. The Morgan fingerprint density at radius 1 is 1.08 bits per heavy atom. The molecule has 0 unspecified atom stereocenters. The van der Waals surface area contributed by atoms with Gasteiger partial charge in [-0.1, -0.05) is 44.2 Å². The average molecular weight is 341 g/mol.